The number of carbonyl (C=O) groups is 2. The Morgan fingerprint density at radius 1 is 1.09 bits per heavy atom. The van der Waals surface area contributed by atoms with Gasteiger partial charge in [0.05, 0.1) is 13.1 Å². The largest absolute Gasteiger partial charge is 0.352 e. The van der Waals surface area contributed by atoms with Crippen LogP contribution in [0.2, 0.25) is 0 Å². The van der Waals surface area contributed by atoms with Crippen LogP contribution in [0.25, 0.3) is 0 Å². The summed E-state index contributed by atoms with van der Waals surface area (Å²) in [5, 5.41) is 4.70. The van der Waals surface area contributed by atoms with Crippen molar-refractivity contribution in [2.45, 2.75) is 24.8 Å². The second-order valence-electron chi connectivity index (χ2n) is 4.87. The number of rotatable bonds is 7. The molecule has 0 bridgehead atoms. The number of amides is 2. The van der Waals surface area contributed by atoms with Crippen molar-refractivity contribution in [3.05, 3.63) is 29.8 Å². The third-order valence-corrected chi connectivity index (χ3v) is 3.96. The van der Waals surface area contributed by atoms with E-state index in [1.165, 1.54) is 0 Å². The van der Waals surface area contributed by atoms with Crippen LogP contribution in [-0.2, 0) is 19.6 Å². The highest BCUT2D eigenvalue weighted by Gasteiger charge is 2.24. The van der Waals surface area contributed by atoms with E-state index >= 15 is 0 Å². The Labute approximate surface area is 132 Å². The lowest BCUT2D eigenvalue weighted by Crippen LogP contribution is -2.43. The van der Waals surface area contributed by atoms with Gasteiger partial charge in [-0.1, -0.05) is 6.07 Å². The smallest absolute Gasteiger partial charge is 0.246 e. The molecule has 23 heavy (non-hydrogen) atoms. The van der Waals surface area contributed by atoms with E-state index < -0.39 is 44.9 Å². The van der Waals surface area contributed by atoms with Crippen molar-refractivity contribution in [1.82, 2.24) is 15.4 Å². The number of sulfonamides is 1. The molecular formula is C13H17F2N3O4S. The second-order valence-corrected chi connectivity index (χ2v) is 6.58. The Bertz CT molecular complexity index is 672. The quantitative estimate of drug-likeness (QED) is 0.638. The average molecular weight is 349 g/mol. The number of hydrogen-bond donors (Lipinski definition) is 3. The Hall–Kier alpha value is -2.07. The summed E-state index contributed by atoms with van der Waals surface area (Å²) in [6.45, 7) is 2.37. The van der Waals surface area contributed by atoms with E-state index in [-0.39, 0.29) is 12.6 Å². The first-order valence-corrected chi connectivity index (χ1v) is 8.11. The topological polar surface area (TPSA) is 104 Å². The third kappa shape index (κ3) is 5.91. The van der Waals surface area contributed by atoms with Crippen molar-refractivity contribution in [3.8, 4) is 0 Å². The van der Waals surface area contributed by atoms with E-state index in [1.54, 1.807) is 18.6 Å². The van der Waals surface area contributed by atoms with Gasteiger partial charge in [0.1, 0.15) is 11.6 Å². The summed E-state index contributed by atoms with van der Waals surface area (Å²) >= 11 is 0. The highest BCUT2D eigenvalue weighted by Crippen LogP contribution is 2.17. The second kappa shape index (κ2) is 7.97. The van der Waals surface area contributed by atoms with Crippen LogP contribution in [-0.4, -0.2) is 39.4 Å². The number of carbonyl (C=O) groups excluding carboxylic acids is 2. The number of nitrogens with one attached hydrogen (secondary N) is 3. The molecule has 1 aromatic rings. The maximum absolute atomic E-state index is 13.4. The van der Waals surface area contributed by atoms with Gasteiger partial charge in [0.2, 0.25) is 21.8 Å². The van der Waals surface area contributed by atoms with Crippen LogP contribution < -0.4 is 15.4 Å². The average Bonchev–Trinajstić information content (AvgIpc) is 2.42. The van der Waals surface area contributed by atoms with Crippen LogP contribution in [0, 0.1) is 11.6 Å². The first-order chi connectivity index (χ1) is 10.6. The minimum absolute atomic E-state index is 0.109. The number of hydrogen-bond acceptors (Lipinski definition) is 4. The van der Waals surface area contributed by atoms with Crippen molar-refractivity contribution in [3.63, 3.8) is 0 Å². The Morgan fingerprint density at radius 2 is 1.65 bits per heavy atom. The van der Waals surface area contributed by atoms with E-state index in [4.69, 9.17) is 0 Å². The molecule has 0 unspecified atom stereocenters. The molecule has 0 fully saturated rings. The maximum Gasteiger partial charge on any atom is 0.246 e. The first-order valence-electron chi connectivity index (χ1n) is 6.63. The fraction of sp³-hybridized carbons (Fsp3) is 0.385. The van der Waals surface area contributed by atoms with E-state index in [9.17, 15) is 26.8 Å². The maximum atomic E-state index is 13.4. The van der Waals surface area contributed by atoms with Crippen LogP contribution in [0.1, 0.15) is 13.8 Å². The molecule has 0 heterocycles. The molecule has 2 amide bonds. The lowest BCUT2D eigenvalue weighted by Gasteiger charge is -2.10. The molecule has 1 aromatic carbocycles. The standard InChI is InChI=1S/C13H17F2N3O4S/c1-8(2)18-12(20)6-16-11(19)7-17-23(21,22)13-9(14)4-3-5-10(13)15/h3-5,8,17H,6-7H2,1-2H3,(H,16,19)(H,18,20). The minimum atomic E-state index is -4.54. The van der Waals surface area contributed by atoms with Gasteiger partial charge in [0.25, 0.3) is 0 Å². The Kier molecular flexibility index (Phi) is 6.58. The third-order valence-electron chi connectivity index (χ3n) is 2.51. The van der Waals surface area contributed by atoms with Crippen LogP contribution in [0.4, 0.5) is 8.78 Å². The Balaban J connectivity index is 2.60. The van der Waals surface area contributed by atoms with Crippen LogP contribution in [0.3, 0.4) is 0 Å². The summed E-state index contributed by atoms with van der Waals surface area (Å²) in [6, 6.07) is 2.48. The lowest BCUT2D eigenvalue weighted by molar-refractivity contribution is -0.125. The van der Waals surface area contributed by atoms with Gasteiger partial charge in [-0.2, -0.15) is 0 Å². The van der Waals surface area contributed by atoms with Gasteiger partial charge >= 0.3 is 0 Å². The summed E-state index contributed by atoms with van der Waals surface area (Å²) in [5.41, 5.74) is 0. The van der Waals surface area contributed by atoms with Crippen molar-refractivity contribution >= 4 is 21.8 Å². The molecule has 0 aromatic heterocycles. The van der Waals surface area contributed by atoms with E-state index in [0.29, 0.717) is 0 Å². The number of benzene rings is 1. The zero-order valence-corrected chi connectivity index (χ0v) is 13.3. The molecule has 0 aliphatic heterocycles. The fourth-order valence-electron chi connectivity index (χ4n) is 1.59. The molecule has 0 aliphatic rings. The zero-order chi connectivity index (χ0) is 17.6. The van der Waals surface area contributed by atoms with Crippen LogP contribution >= 0.6 is 0 Å². The zero-order valence-electron chi connectivity index (χ0n) is 12.5. The van der Waals surface area contributed by atoms with Gasteiger partial charge in [-0.15, -0.1) is 0 Å². The predicted molar refractivity (Wildman–Crippen MR) is 77.8 cm³/mol. The summed E-state index contributed by atoms with van der Waals surface area (Å²) in [6.07, 6.45) is 0. The normalized spacial score (nSPS) is 11.3. The van der Waals surface area contributed by atoms with Crippen LogP contribution in [0.5, 0.6) is 0 Å². The molecular weight excluding hydrogens is 332 g/mol. The monoisotopic (exact) mass is 349 g/mol. The molecule has 0 atom stereocenters. The lowest BCUT2D eigenvalue weighted by atomic mass is 10.3. The van der Waals surface area contributed by atoms with Crippen LogP contribution in [0.15, 0.2) is 23.1 Å². The molecule has 10 heteroatoms. The Morgan fingerprint density at radius 3 is 2.17 bits per heavy atom. The summed E-state index contributed by atoms with van der Waals surface area (Å²) in [5.74, 6) is -3.80. The molecule has 0 spiro atoms. The van der Waals surface area contributed by atoms with Crippen molar-refractivity contribution in [2.24, 2.45) is 0 Å². The molecule has 0 aliphatic carbocycles. The molecule has 1 rings (SSSR count). The van der Waals surface area contributed by atoms with Gasteiger partial charge in [-0.25, -0.2) is 21.9 Å². The number of halogens is 2. The van der Waals surface area contributed by atoms with Gasteiger partial charge in [0, 0.05) is 6.04 Å². The van der Waals surface area contributed by atoms with Crippen molar-refractivity contribution < 1.29 is 26.8 Å². The molecule has 0 radical (unpaired) electrons. The van der Waals surface area contributed by atoms with E-state index in [0.717, 1.165) is 18.2 Å². The fourth-order valence-corrected chi connectivity index (χ4v) is 2.70. The van der Waals surface area contributed by atoms with Gasteiger partial charge in [-0.05, 0) is 26.0 Å². The molecule has 7 nitrogen and oxygen atoms in total. The molecule has 0 saturated carbocycles. The molecule has 0 saturated heterocycles. The highest BCUT2D eigenvalue weighted by molar-refractivity contribution is 7.89. The van der Waals surface area contributed by atoms with E-state index in [2.05, 4.69) is 10.6 Å². The first kappa shape index (κ1) is 19.0. The predicted octanol–water partition coefficient (Wildman–Crippen LogP) is -0.116. The van der Waals surface area contributed by atoms with Gasteiger partial charge in [-0.3, -0.25) is 9.59 Å². The van der Waals surface area contributed by atoms with Gasteiger partial charge < -0.3 is 10.6 Å². The van der Waals surface area contributed by atoms with E-state index in [1.807, 2.05) is 0 Å². The minimum Gasteiger partial charge on any atom is -0.352 e. The van der Waals surface area contributed by atoms with Crippen molar-refractivity contribution in [2.75, 3.05) is 13.1 Å². The van der Waals surface area contributed by atoms with Gasteiger partial charge in [0.15, 0.2) is 4.90 Å². The molecule has 128 valence electrons. The summed E-state index contributed by atoms with van der Waals surface area (Å²) in [7, 11) is -4.54. The highest BCUT2D eigenvalue weighted by atomic mass is 32.2. The van der Waals surface area contributed by atoms with Crippen molar-refractivity contribution in [1.29, 1.82) is 0 Å². The molecule has 3 N–H and O–H groups in total. The SMILES string of the molecule is CC(C)NC(=O)CNC(=O)CNS(=O)(=O)c1c(F)cccc1F. The summed E-state index contributed by atoms with van der Waals surface area (Å²) in [4.78, 5) is 21.6. The summed E-state index contributed by atoms with van der Waals surface area (Å²) < 4.78 is 52.3.